The minimum Gasteiger partial charge on any atom is -0.468 e. The second-order valence-corrected chi connectivity index (χ2v) is 15.1. The van der Waals surface area contributed by atoms with Crippen molar-refractivity contribution in [3.8, 4) is 0 Å². The molecule has 0 aromatic heterocycles. The SMILES string of the molecule is CCC(CC)(C(=O)OC)C1(O[Si](C)(C)C)O[C@H]([C@H]2COC(C)(C)O2)[C@@H]2OC(C)(C)O[C@@H]21. The molecule has 0 bridgehead atoms. The van der Waals surface area contributed by atoms with Gasteiger partial charge in [-0.25, -0.2) is 0 Å². The number of fused-ring (bicyclic) bond motifs is 1. The van der Waals surface area contributed by atoms with E-state index in [0.717, 1.165) is 0 Å². The highest BCUT2D eigenvalue weighted by atomic mass is 28.4. The van der Waals surface area contributed by atoms with E-state index in [1.54, 1.807) is 0 Å². The van der Waals surface area contributed by atoms with E-state index in [1.165, 1.54) is 7.11 Å². The lowest BCUT2D eigenvalue weighted by Crippen LogP contribution is -2.64. The largest absolute Gasteiger partial charge is 0.468 e. The van der Waals surface area contributed by atoms with Crippen LogP contribution in [0.15, 0.2) is 0 Å². The number of carbonyl (C=O) groups is 1. The molecule has 1 unspecified atom stereocenters. The van der Waals surface area contributed by atoms with Crippen LogP contribution in [0.2, 0.25) is 19.6 Å². The van der Waals surface area contributed by atoms with Crippen LogP contribution in [0, 0.1) is 5.41 Å². The van der Waals surface area contributed by atoms with E-state index in [1.807, 2.05) is 41.5 Å². The zero-order valence-electron chi connectivity index (χ0n) is 20.7. The first-order valence-corrected chi connectivity index (χ1v) is 14.7. The molecule has 0 amide bonds. The van der Waals surface area contributed by atoms with Gasteiger partial charge >= 0.3 is 5.97 Å². The van der Waals surface area contributed by atoms with Crippen molar-refractivity contribution in [2.24, 2.45) is 5.41 Å². The van der Waals surface area contributed by atoms with Crippen molar-refractivity contribution in [2.45, 2.75) is 116 Å². The van der Waals surface area contributed by atoms with Crippen LogP contribution in [0.3, 0.4) is 0 Å². The number of hydrogen-bond acceptors (Lipinski definition) is 8. The number of esters is 1. The molecule has 0 aromatic rings. The van der Waals surface area contributed by atoms with Gasteiger partial charge in [0, 0.05) is 0 Å². The molecule has 8 nitrogen and oxygen atoms in total. The fourth-order valence-corrected chi connectivity index (χ4v) is 6.48. The normalized spacial score (nSPS) is 37.1. The molecule has 0 spiro atoms. The van der Waals surface area contributed by atoms with E-state index < -0.39 is 49.4 Å². The van der Waals surface area contributed by atoms with Crippen LogP contribution in [0.5, 0.6) is 0 Å². The molecule has 3 aliphatic rings. The lowest BCUT2D eigenvalue weighted by molar-refractivity contribution is -0.317. The number of hydrogen-bond donors (Lipinski definition) is 0. The maximum Gasteiger partial charge on any atom is 0.317 e. The highest BCUT2D eigenvalue weighted by molar-refractivity contribution is 6.69. The topological polar surface area (TPSA) is 81.7 Å². The molecule has 0 N–H and O–H groups in total. The number of ether oxygens (including phenoxy) is 6. The lowest BCUT2D eigenvalue weighted by Gasteiger charge is -2.50. The predicted octanol–water partition coefficient (Wildman–Crippen LogP) is 3.58. The first-order valence-electron chi connectivity index (χ1n) is 11.3. The van der Waals surface area contributed by atoms with Gasteiger partial charge in [-0.3, -0.25) is 4.79 Å². The lowest BCUT2D eigenvalue weighted by atomic mass is 9.72. The van der Waals surface area contributed by atoms with Gasteiger partial charge in [-0.15, -0.1) is 0 Å². The van der Waals surface area contributed by atoms with E-state index >= 15 is 0 Å². The monoisotopic (exact) mass is 460 g/mol. The Kier molecular flexibility index (Phi) is 6.50. The van der Waals surface area contributed by atoms with E-state index in [-0.39, 0.29) is 12.1 Å². The predicted molar refractivity (Wildman–Crippen MR) is 116 cm³/mol. The van der Waals surface area contributed by atoms with Gasteiger partial charge in [0.1, 0.15) is 29.8 Å². The molecular formula is C22H40O8Si. The van der Waals surface area contributed by atoms with Gasteiger partial charge in [0.2, 0.25) is 5.79 Å². The van der Waals surface area contributed by atoms with Gasteiger partial charge in [-0.05, 0) is 60.2 Å². The van der Waals surface area contributed by atoms with E-state index in [2.05, 4.69) is 19.6 Å². The Bertz CT molecular complexity index is 683. The molecule has 31 heavy (non-hydrogen) atoms. The zero-order valence-corrected chi connectivity index (χ0v) is 21.7. The average Bonchev–Trinajstić information content (AvgIpc) is 3.25. The Balaban J connectivity index is 2.16. The summed E-state index contributed by atoms with van der Waals surface area (Å²) in [4.78, 5) is 13.3. The Morgan fingerprint density at radius 2 is 1.58 bits per heavy atom. The van der Waals surface area contributed by atoms with E-state index in [4.69, 9.17) is 32.8 Å². The fraction of sp³-hybridized carbons (Fsp3) is 0.955. The Hall–Kier alpha value is -0.553. The number of carbonyl (C=O) groups excluding carboxylic acids is 1. The Morgan fingerprint density at radius 3 is 2.03 bits per heavy atom. The van der Waals surface area contributed by atoms with Crippen molar-refractivity contribution in [1.82, 2.24) is 0 Å². The summed E-state index contributed by atoms with van der Waals surface area (Å²) in [5, 5.41) is 0. The van der Waals surface area contributed by atoms with Crippen molar-refractivity contribution in [3.63, 3.8) is 0 Å². The summed E-state index contributed by atoms with van der Waals surface area (Å²) >= 11 is 0. The van der Waals surface area contributed by atoms with Crippen LogP contribution in [0.1, 0.15) is 54.4 Å². The second kappa shape index (κ2) is 8.04. The average molecular weight is 461 g/mol. The quantitative estimate of drug-likeness (QED) is 0.421. The summed E-state index contributed by atoms with van der Waals surface area (Å²) in [7, 11) is -0.836. The van der Waals surface area contributed by atoms with Crippen LogP contribution in [0.4, 0.5) is 0 Å². The summed E-state index contributed by atoms with van der Waals surface area (Å²) in [5.41, 5.74) is -1.07. The highest BCUT2D eigenvalue weighted by Crippen LogP contribution is 2.57. The van der Waals surface area contributed by atoms with Crippen molar-refractivity contribution in [3.05, 3.63) is 0 Å². The van der Waals surface area contributed by atoms with Gasteiger partial charge in [0.05, 0.1) is 13.7 Å². The molecule has 3 rings (SSSR count). The summed E-state index contributed by atoms with van der Waals surface area (Å²) < 4.78 is 43.7. The summed E-state index contributed by atoms with van der Waals surface area (Å²) in [6.45, 7) is 18.0. The smallest absolute Gasteiger partial charge is 0.317 e. The summed E-state index contributed by atoms with van der Waals surface area (Å²) in [5.74, 6) is -3.32. The third-order valence-corrected chi connectivity index (χ3v) is 7.36. The van der Waals surface area contributed by atoms with Gasteiger partial charge < -0.3 is 32.8 Å². The molecule has 3 heterocycles. The molecule has 3 aliphatic heterocycles. The van der Waals surface area contributed by atoms with Crippen molar-refractivity contribution >= 4 is 14.3 Å². The minimum atomic E-state index is -2.24. The molecule has 0 aliphatic carbocycles. The third-order valence-electron chi connectivity index (χ3n) is 6.44. The summed E-state index contributed by atoms with van der Waals surface area (Å²) in [6, 6.07) is 0. The van der Waals surface area contributed by atoms with Crippen molar-refractivity contribution in [1.29, 1.82) is 0 Å². The van der Waals surface area contributed by atoms with Gasteiger partial charge in [0.15, 0.2) is 19.9 Å². The van der Waals surface area contributed by atoms with Gasteiger partial charge in [0.25, 0.3) is 0 Å². The second-order valence-electron chi connectivity index (χ2n) is 10.6. The minimum absolute atomic E-state index is 0.358. The standard InChI is InChI=1S/C22H40O8Si/c1-11-21(12-2,18(23)24-7)22(30-31(8,9)10)17-16(27-20(5,6)29-17)15(28-22)14-13-25-19(3,4)26-14/h14-17H,11-13H2,1-10H3/t14-,15-,16+,17+,22?/m1/s1. The zero-order chi connectivity index (χ0) is 23.5. The molecule has 0 aromatic carbocycles. The van der Waals surface area contributed by atoms with Crippen LogP contribution in [-0.2, 0) is 37.6 Å². The van der Waals surface area contributed by atoms with E-state index in [0.29, 0.717) is 19.4 Å². The molecule has 3 saturated heterocycles. The maximum atomic E-state index is 13.3. The Labute approximate surface area is 187 Å². The first-order chi connectivity index (χ1) is 14.2. The molecule has 3 fully saturated rings. The molecule has 0 saturated carbocycles. The third kappa shape index (κ3) is 4.23. The first kappa shape index (κ1) is 25.1. The van der Waals surface area contributed by atoms with Crippen LogP contribution in [-0.4, -0.2) is 69.8 Å². The van der Waals surface area contributed by atoms with Crippen molar-refractivity contribution in [2.75, 3.05) is 13.7 Å². The molecular weight excluding hydrogens is 420 g/mol. The van der Waals surface area contributed by atoms with Crippen molar-refractivity contribution < 1.29 is 37.6 Å². The summed E-state index contributed by atoms with van der Waals surface area (Å²) in [6.07, 6.45) is -1.06. The van der Waals surface area contributed by atoms with E-state index in [9.17, 15) is 4.79 Å². The maximum absolute atomic E-state index is 13.3. The highest BCUT2D eigenvalue weighted by Gasteiger charge is 2.74. The van der Waals surface area contributed by atoms with Crippen LogP contribution < -0.4 is 0 Å². The molecule has 9 heteroatoms. The van der Waals surface area contributed by atoms with Crippen LogP contribution in [0.25, 0.3) is 0 Å². The van der Waals surface area contributed by atoms with Gasteiger partial charge in [-0.2, -0.15) is 0 Å². The number of rotatable bonds is 7. The number of methoxy groups -OCH3 is 1. The molecule has 5 atom stereocenters. The van der Waals surface area contributed by atoms with Gasteiger partial charge in [-0.1, -0.05) is 13.8 Å². The fourth-order valence-electron chi connectivity index (χ4n) is 5.21. The molecule has 180 valence electrons. The Morgan fingerprint density at radius 1 is 0.968 bits per heavy atom. The van der Waals surface area contributed by atoms with Crippen LogP contribution >= 0.6 is 0 Å². The molecule has 0 radical (unpaired) electrons.